The zero-order valence-electron chi connectivity index (χ0n) is 17.6. The number of halogens is 1. The predicted molar refractivity (Wildman–Crippen MR) is 130 cm³/mol. The second kappa shape index (κ2) is 9.34. The predicted octanol–water partition coefficient (Wildman–Crippen LogP) is 6.27. The molecular formula is C26H20BrN3O3. The molecule has 6 nitrogen and oxygen atoms in total. The molecule has 0 aliphatic carbocycles. The second-order valence-corrected chi connectivity index (χ2v) is 8.49. The molecule has 3 aromatic carbocycles. The van der Waals surface area contributed by atoms with Gasteiger partial charge in [0.05, 0.1) is 17.2 Å². The molecule has 0 atom stereocenters. The summed E-state index contributed by atoms with van der Waals surface area (Å²) in [5.74, 6) is 1.24. The molecular weight excluding hydrogens is 482 g/mol. The number of carbonyl (C=O) groups is 1. The van der Waals surface area contributed by atoms with E-state index in [0.717, 1.165) is 26.6 Å². The van der Waals surface area contributed by atoms with Crippen molar-refractivity contribution in [2.45, 2.75) is 13.2 Å². The van der Waals surface area contributed by atoms with Crippen molar-refractivity contribution in [3.05, 3.63) is 113 Å². The summed E-state index contributed by atoms with van der Waals surface area (Å²) in [6, 6.07) is 25.1. The van der Waals surface area contributed by atoms with Crippen LogP contribution in [-0.4, -0.2) is 15.7 Å². The number of anilines is 1. The SMILES string of the molecule is O=C(Nc1cccc(Cn2cc(Br)cn2)c1)c1ccc(COc2ccc3ccccc3c2)o1. The fraction of sp³-hybridized carbons (Fsp3) is 0.0769. The minimum atomic E-state index is -0.314. The van der Waals surface area contributed by atoms with E-state index in [9.17, 15) is 4.79 Å². The van der Waals surface area contributed by atoms with Gasteiger partial charge in [0.25, 0.3) is 5.91 Å². The Morgan fingerprint density at radius 3 is 2.73 bits per heavy atom. The van der Waals surface area contributed by atoms with Crippen LogP contribution >= 0.6 is 15.9 Å². The molecule has 0 unspecified atom stereocenters. The maximum Gasteiger partial charge on any atom is 0.291 e. The average Bonchev–Trinajstić information content (AvgIpc) is 3.47. The Morgan fingerprint density at radius 1 is 1.00 bits per heavy atom. The summed E-state index contributed by atoms with van der Waals surface area (Å²) in [6.07, 6.45) is 3.64. The summed E-state index contributed by atoms with van der Waals surface area (Å²) in [4.78, 5) is 12.7. The zero-order valence-corrected chi connectivity index (χ0v) is 19.2. The molecule has 0 saturated heterocycles. The Balaban J connectivity index is 1.20. The van der Waals surface area contributed by atoms with Crippen molar-refractivity contribution in [2.75, 3.05) is 5.32 Å². The van der Waals surface area contributed by atoms with Gasteiger partial charge in [0, 0.05) is 11.9 Å². The average molecular weight is 502 g/mol. The Bertz CT molecular complexity index is 1420. The first-order chi connectivity index (χ1) is 16.1. The highest BCUT2D eigenvalue weighted by Crippen LogP contribution is 2.22. The Hall–Kier alpha value is -3.84. The van der Waals surface area contributed by atoms with Crippen LogP contribution in [-0.2, 0) is 13.2 Å². The van der Waals surface area contributed by atoms with E-state index >= 15 is 0 Å². The Morgan fingerprint density at radius 2 is 1.88 bits per heavy atom. The van der Waals surface area contributed by atoms with Crippen LogP contribution in [0.3, 0.4) is 0 Å². The first-order valence-corrected chi connectivity index (χ1v) is 11.2. The Kier molecular flexibility index (Phi) is 5.95. The van der Waals surface area contributed by atoms with Crippen LogP contribution in [0.15, 0.2) is 100 Å². The molecule has 0 spiro atoms. The quantitative estimate of drug-likeness (QED) is 0.285. The van der Waals surface area contributed by atoms with E-state index in [1.165, 1.54) is 0 Å². The number of amides is 1. The highest BCUT2D eigenvalue weighted by molar-refractivity contribution is 9.10. The van der Waals surface area contributed by atoms with Gasteiger partial charge in [-0.15, -0.1) is 0 Å². The molecule has 1 N–H and O–H groups in total. The third kappa shape index (κ3) is 5.15. The van der Waals surface area contributed by atoms with Crippen LogP contribution in [0.4, 0.5) is 5.69 Å². The molecule has 0 radical (unpaired) electrons. The zero-order chi connectivity index (χ0) is 22.6. The number of nitrogens with zero attached hydrogens (tertiary/aromatic N) is 2. The number of furan rings is 1. The first kappa shape index (κ1) is 21.0. The molecule has 0 aliphatic heterocycles. The van der Waals surface area contributed by atoms with Crippen molar-refractivity contribution in [1.29, 1.82) is 0 Å². The largest absolute Gasteiger partial charge is 0.486 e. The highest BCUT2D eigenvalue weighted by Gasteiger charge is 2.12. The highest BCUT2D eigenvalue weighted by atomic mass is 79.9. The van der Waals surface area contributed by atoms with Crippen molar-refractivity contribution in [3.8, 4) is 5.75 Å². The van der Waals surface area contributed by atoms with Crippen molar-refractivity contribution in [3.63, 3.8) is 0 Å². The maximum absolute atomic E-state index is 12.7. The number of hydrogen-bond acceptors (Lipinski definition) is 4. The number of carbonyl (C=O) groups excluding carboxylic acids is 1. The van der Waals surface area contributed by atoms with Gasteiger partial charge in [-0.3, -0.25) is 9.48 Å². The number of rotatable bonds is 7. The van der Waals surface area contributed by atoms with Crippen molar-refractivity contribution in [2.24, 2.45) is 0 Å². The Labute approximate surface area is 198 Å². The van der Waals surface area contributed by atoms with Crippen molar-refractivity contribution >= 4 is 38.3 Å². The van der Waals surface area contributed by atoms with E-state index < -0.39 is 0 Å². The molecule has 164 valence electrons. The molecule has 2 aromatic heterocycles. The van der Waals surface area contributed by atoms with Gasteiger partial charge in [-0.2, -0.15) is 5.10 Å². The lowest BCUT2D eigenvalue weighted by Gasteiger charge is -2.07. The van der Waals surface area contributed by atoms with Crippen molar-refractivity contribution in [1.82, 2.24) is 9.78 Å². The maximum atomic E-state index is 12.7. The van der Waals surface area contributed by atoms with E-state index in [0.29, 0.717) is 18.0 Å². The molecule has 5 aromatic rings. The molecule has 7 heteroatoms. The van der Waals surface area contributed by atoms with E-state index in [2.05, 4.69) is 32.4 Å². The fourth-order valence-corrected chi connectivity index (χ4v) is 3.87. The van der Waals surface area contributed by atoms with Crippen molar-refractivity contribution < 1.29 is 13.9 Å². The summed E-state index contributed by atoms with van der Waals surface area (Å²) in [5.41, 5.74) is 1.71. The van der Waals surface area contributed by atoms with E-state index in [1.807, 2.05) is 71.5 Å². The fourth-order valence-electron chi connectivity index (χ4n) is 3.54. The standard InChI is InChI=1S/C26H20BrN3O3/c27-21-14-28-30(16-21)15-18-4-3-7-22(12-18)29-26(31)25-11-10-24(33-25)17-32-23-9-8-19-5-1-2-6-20(19)13-23/h1-14,16H,15,17H2,(H,29,31). The second-order valence-electron chi connectivity index (χ2n) is 7.57. The molecule has 5 rings (SSSR count). The minimum absolute atomic E-state index is 0.230. The van der Waals surface area contributed by atoms with Gasteiger partial charge >= 0.3 is 0 Å². The lowest BCUT2D eigenvalue weighted by molar-refractivity contribution is 0.0992. The number of fused-ring (bicyclic) bond motifs is 1. The lowest BCUT2D eigenvalue weighted by Crippen LogP contribution is -2.11. The van der Waals surface area contributed by atoms with Gasteiger partial charge in [0.2, 0.25) is 0 Å². The summed E-state index contributed by atoms with van der Waals surface area (Å²) in [6.45, 7) is 0.840. The lowest BCUT2D eigenvalue weighted by atomic mass is 10.1. The van der Waals surface area contributed by atoms with Crippen LogP contribution in [0.1, 0.15) is 21.9 Å². The molecule has 0 aliphatic rings. The van der Waals surface area contributed by atoms with E-state index in [1.54, 1.807) is 18.3 Å². The number of aromatic nitrogens is 2. The summed E-state index contributed by atoms with van der Waals surface area (Å²) in [7, 11) is 0. The van der Waals surface area contributed by atoms with Crippen LogP contribution in [0.2, 0.25) is 0 Å². The van der Waals surface area contributed by atoms with Gasteiger partial charge in [-0.1, -0.05) is 42.5 Å². The smallest absolute Gasteiger partial charge is 0.291 e. The summed E-state index contributed by atoms with van der Waals surface area (Å²) >= 11 is 3.39. The number of benzene rings is 3. The van der Waals surface area contributed by atoms with E-state index in [4.69, 9.17) is 9.15 Å². The van der Waals surface area contributed by atoms with Crippen LogP contribution in [0.25, 0.3) is 10.8 Å². The van der Waals surface area contributed by atoms with Gasteiger partial charge in [-0.05, 0) is 68.7 Å². The van der Waals surface area contributed by atoms with E-state index in [-0.39, 0.29) is 18.3 Å². The monoisotopic (exact) mass is 501 g/mol. The normalized spacial score (nSPS) is 10.9. The molecule has 1 amide bonds. The van der Waals surface area contributed by atoms with Gasteiger partial charge in [0.1, 0.15) is 18.1 Å². The van der Waals surface area contributed by atoms with Gasteiger partial charge in [-0.25, -0.2) is 0 Å². The number of nitrogens with one attached hydrogen (secondary N) is 1. The van der Waals surface area contributed by atoms with Crippen LogP contribution in [0, 0.1) is 0 Å². The summed E-state index contributed by atoms with van der Waals surface area (Å²) in [5, 5.41) is 9.41. The molecule has 33 heavy (non-hydrogen) atoms. The molecule has 2 heterocycles. The van der Waals surface area contributed by atoms with Gasteiger partial charge in [0.15, 0.2) is 5.76 Å². The number of ether oxygens (including phenoxy) is 1. The molecule has 0 saturated carbocycles. The third-order valence-electron chi connectivity index (χ3n) is 5.12. The molecule has 0 fully saturated rings. The minimum Gasteiger partial charge on any atom is -0.486 e. The third-order valence-corrected chi connectivity index (χ3v) is 5.53. The topological polar surface area (TPSA) is 69.3 Å². The van der Waals surface area contributed by atoms with Crippen LogP contribution < -0.4 is 10.1 Å². The molecule has 0 bridgehead atoms. The first-order valence-electron chi connectivity index (χ1n) is 10.4. The number of hydrogen-bond donors (Lipinski definition) is 1. The van der Waals surface area contributed by atoms with Gasteiger partial charge < -0.3 is 14.5 Å². The summed E-state index contributed by atoms with van der Waals surface area (Å²) < 4.78 is 14.3. The van der Waals surface area contributed by atoms with Crippen LogP contribution in [0.5, 0.6) is 5.75 Å².